The van der Waals surface area contributed by atoms with Crippen molar-refractivity contribution < 1.29 is 13.2 Å². The molecule has 164 valence electrons. The molecule has 2 aromatic heterocycles. The molecule has 0 aliphatic rings. The molecule has 2 N–H and O–H groups in total. The predicted octanol–water partition coefficient (Wildman–Crippen LogP) is 4.09. The van der Waals surface area contributed by atoms with E-state index in [0.717, 1.165) is 22.4 Å². The van der Waals surface area contributed by atoms with Crippen LogP contribution in [0, 0.1) is 0 Å². The molecule has 0 radical (unpaired) electrons. The van der Waals surface area contributed by atoms with E-state index in [9.17, 15) is 13.2 Å². The molecule has 0 unspecified atom stereocenters. The summed E-state index contributed by atoms with van der Waals surface area (Å²) in [7, 11) is -3.65. The summed E-state index contributed by atoms with van der Waals surface area (Å²) >= 11 is 1.60. The van der Waals surface area contributed by atoms with Gasteiger partial charge in [-0.3, -0.25) is 9.78 Å². The third-order valence-electron chi connectivity index (χ3n) is 4.81. The SMILES string of the molecule is CC(C)(C)c1ccc(S(=O)(=O)NCCC(=O)NCc2ccnc(-c3ccsc3)c2)cc1. The summed E-state index contributed by atoms with van der Waals surface area (Å²) in [5, 5.41) is 6.84. The highest BCUT2D eigenvalue weighted by molar-refractivity contribution is 7.89. The van der Waals surface area contributed by atoms with E-state index in [4.69, 9.17) is 0 Å². The number of hydrogen-bond acceptors (Lipinski definition) is 5. The molecular formula is C23H27N3O3S2. The van der Waals surface area contributed by atoms with Crippen molar-refractivity contribution >= 4 is 27.3 Å². The maximum Gasteiger partial charge on any atom is 0.240 e. The van der Waals surface area contributed by atoms with E-state index in [0.29, 0.717) is 6.54 Å². The van der Waals surface area contributed by atoms with Gasteiger partial charge in [0.2, 0.25) is 15.9 Å². The average molecular weight is 458 g/mol. The number of carbonyl (C=O) groups is 1. The summed E-state index contributed by atoms with van der Waals surface area (Å²) in [5.41, 5.74) is 3.85. The minimum atomic E-state index is -3.65. The molecule has 0 saturated heterocycles. The zero-order valence-corrected chi connectivity index (χ0v) is 19.5. The first kappa shape index (κ1) is 23.1. The lowest BCUT2D eigenvalue weighted by Gasteiger charge is -2.19. The molecule has 0 aliphatic heterocycles. The lowest BCUT2D eigenvalue weighted by atomic mass is 9.87. The predicted molar refractivity (Wildman–Crippen MR) is 124 cm³/mol. The number of nitrogens with one attached hydrogen (secondary N) is 2. The summed E-state index contributed by atoms with van der Waals surface area (Å²) < 4.78 is 27.4. The van der Waals surface area contributed by atoms with Gasteiger partial charge in [-0.2, -0.15) is 11.3 Å². The highest BCUT2D eigenvalue weighted by Gasteiger charge is 2.17. The first-order valence-corrected chi connectivity index (χ1v) is 12.4. The Hall–Kier alpha value is -2.55. The highest BCUT2D eigenvalue weighted by Crippen LogP contribution is 2.23. The zero-order valence-electron chi connectivity index (χ0n) is 17.9. The Morgan fingerprint density at radius 2 is 1.84 bits per heavy atom. The second-order valence-corrected chi connectivity index (χ2v) is 10.8. The van der Waals surface area contributed by atoms with Crippen LogP contribution >= 0.6 is 11.3 Å². The normalized spacial score (nSPS) is 12.0. The largest absolute Gasteiger partial charge is 0.352 e. The van der Waals surface area contributed by atoms with Gasteiger partial charge in [0.15, 0.2) is 0 Å². The number of aromatic nitrogens is 1. The number of hydrogen-bond donors (Lipinski definition) is 2. The molecule has 6 nitrogen and oxygen atoms in total. The van der Waals surface area contributed by atoms with Crippen LogP contribution in [0.4, 0.5) is 0 Å². The maximum atomic E-state index is 12.5. The van der Waals surface area contributed by atoms with Crippen molar-refractivity contribution in [3.63, 3.8) is 0 Å². The van der Waals surface area contributed by atoms with Crippen LogP contribution in [0.2, 0.25) is 0 Å². The number of benzene rings is 1. The number of pyridine rings is 1. The van der Waals surface area contributed by atoms with E-state index in [1.165, 1.54) is 0 Å². The number of carbonyl (C=O) groups excluding carboxylic acids is 1. The van der Waals surface area contributed by atoms with Gasteiger partial charge in [0.1, 0.15) is 0 Å². The summed E-state index contributed by atoms with van der Waals surface area (Å²) in [6.45, 7) is 6.61. The molecule has 0 spiro atoms. The Kier molecular flexibility index (Phi) is 7.25. The summed E-state index contributed by atoms with van der Waals surface area (Å²) in [6.07, 6.45) is 1.77. The number of sulfonamides is 1. The zero-order chi connectivity index (χ0) is 22.5. The number of amides is 1. The first-order chi connectivity index (χ1) is 14.6. The Labute approximate surface area is 187 Å². The second kappa shape index (κ2) is 9.72. The Morgan fingerprint density at radius 1 is 1.10 bits per heavy atom. The quantitative estimate of drug-likeness (QED) is 0.533. The maximum absolute atomic E-state index is 12.5. The van der Waals surface area contributed by atoms with Gasteiger partial charge < -0.3 is 5.32 Å². The number of rotatable bonds is 8. The van der Waals surface area contributed by atoms with E-state index in [1.54, 1.807) is 29.7 Å². The lowest BCUT2D eigenvalue weighted by Crippen LogP contribution is -2.30. The van der Waals surface area contributed by atoms with Gasteiger partial charge in [0.05, 0.1) is 10.6 Å². The van der Waals surface area contributed by atoms with Crippen molar-refractivity contribution in [3.05, 3.63) is 70.5 Å². The minimum Gasteiger partial charge on any atom is -0.352 e. The summed E-state index contributed by atoms with van der Waals surface area (Å²) in [5.74, 6) is -0.223. The van der Waals surface area contributed by atoms with E-state index in [1.807, 2.05) is 41.1 Å². The van der Waals surface area contributed by atoms with Crippen LogP contribution < -0.4 is 10.0 Å². The van der Waals surface area contributed by atoms with Crippen LogP contribution in [0.15, 0.2) is 64.3 Å². The lowest BCUT2D eigenvalue weighted by molar-refractivity contribution is -0.121. The minimum absolute atomic E-state index is 0.0334. The highest BCUT2D eigenvalue weighted by atomic mass is 32.2. The molecule has 0 saturated carbocycles. The van der Waals surface area contributed by atoms with Gasteiger partial charge in [-0.1, -0.05) is 32.9 Å². The fourth-order valence-electron chi connectivity index (χ4n) is 2.96. The second-order valence-electron chi connectivity index (χ2n) is 8.26. The number of nitrogens with zero attached hydrogens (tertiary/aromatic N) is 1. The molecule has 0 bridgehead atoms. The van der Waals surface area contributed by atoms with Gasteiger partial charge in [-0.25, -0.2) is 13.1 Å². The fraction of sp³-hybridized carbons (Fsp3) is 0.304. The molecule has 0 aliphatic carbocycles. The smallest absolute Gasteiger partial charge is 0.240 e. The van der Waals surface area contributed by atoms with Crippen molar-refractivity contribution in [3.8, 4) is 11.3 Å². The van der Waals surface area contributed by atoms with Gasteiger partial charge in [0, 0.05) is 36.7 Å². The third kappa shape index (κ3) is 6.46. The monoisotopic (exact) mass is 457 g/mol. The van der Waals surface area contributed by atoms with Crippen LogP contribution in [0.25, 0.3) is 11.3 Å². The Morgan fingerprint density at radius 3 is 2.48 bits per heavy atom. The third-order valence-corrected chi connectivity index (χ3v) is 6.97. The molecule has 1 amide bonds. The standard InChI is InChI=1S/C23H27N3O3S2/c1-23(2,3)19-4-6-20(7-5-19)31(28,29)26-12-9-22(27)25-15-17-8-11-24-21(14-17)18-10-13-30-16-18/h4-8,10-11,13-14,16,26H,9,12,15H2,1-3H3,(H,25,27). The molecule has 31 heavy (non-hydrogen) atoms. The van der Waals surface area contributed by atoms with E-state index in [-0.39, 0.29) is 29.2 Å². The Balaban J connectivity index is 1.48. The van der Waals surface area contributed by atoms with Gasteiger partial charge in [0.25, 0.3) is 0 Å². The molecular weight excluding hydrogens is 430 g/mol. The first-order valence-electron chi connectivity index (χ1n) is 9.99. The van der Waals surface area contributed by atoms with Gasteiger partial charge >= 0.3 is 0 Å². The van der Waals surface area contributed by atoms with Crippen LogP contribution in [0.3, 0.4) is 0 Å². The fourth-order valence-corrected chi connectivity index (χ4v) is 4.64. The summed E-state index contributed by atoms with van der Waals surface area (Å²) in [6, 6.07) is 12.6. The van der Waals surface area contributed by atoms with Crippen LogP contribution in [0.1, 0.15) is 38.3 Å². The molecule has 3 rings (SSSR count). The van der Waals surface area contributed by atoms with Gasteiger partial charge in [-0.15, -0.1) is 0 Å². The van der Waals surface area contributed by atoms with E-state index < -0.39 is 10.0 Å². The molecule has 2 heterocycles. The topological polar surface area (TPSA) is 88.2 Å². The molecule has 0 fully saturated rings. The number of thiophene rings is 1. The van der Waals surface area contributed by atoms with E-state index in [2.05, 4.69) is 35.8 Å². The summed E-state index contributed by atoms with van der Waals surface area (Å²) in [4.78, 5) is 16.7. The molecule has 0 atom stereocenters. The van der Waals surface area contributed by atoms with Crippen molar-refractivity contribution in [2.45, 2.75) is 44.0 Å². The van der Waals surface area contributed by atoms with Crippen molar-refractivity contribution in [2.24, 2.45) is 0 Å². The Bertz CT molecular complexity index is 1120. The molecule has 3 aromatic rings. The van der Waals surface area contributed by atoms with Crippen LogP contribution in [-0.2, 0) is 26.8 Å². The van der Waals surface area contributed by atoms with Crippen LogP contribution in [-0.4, -0.2) is 25.9 Å². The van der Waals surface area contributed by atoms with Crippen molar-refractivity contribution in [1.82, 2.24) is 15.0 Å². The molecule has 1 aromatic carbocycles. The van der Waals surface area contributed by atoms with E-state index >= 15 is 0 Å². The van der Waals surface area contributed by atoms with Gasteiger partial charge in [-0.05, 0) is 52.3 Å². The van der Waals surface area contributed by atoms with Crippen LogP contribution in [0.5, 0.6) is 0 Å². The average Bonchev–Trinajstić information content (AvgIpc) is 3.27. The van der Waals surface area contributed by atoms with Crippen molar-refractivity contribution in [2.75, 3.05) is 6.54 Å². The van der Waals surface area contributed by atoms with Crippen molar-refractivity contribution in [1.29, 1.82) is 0 Å². The molecule has 8 heteroatoms.